The topological polar surface area (TPSA) is 6.48 Å². The Balaban J connectivity index is 3.34. The second kappa shape index (κ2) is 4.87. The number of rotatable bonds is 3. The number of anilines is 2. The third-order valence-corrected chi connectivity index (χ3v) is 2.32. The Labute approximate surface area is 92.8 Å². The Bertz CT molecular complexity index is 352. The summed E-state index contributed by atoms with van der Waals surface area (Å²) in [5, 5.41) is 0. The maximum absolute atomic E-state index is 2.16. The summed E-state index contributed by atoms with van der Waals surface area (Å²) in [6, 6.07) is 6.38. The van der Waals surface area contributed by atoms with E-state index in [1.54, 1.807) is 0 Å². The fraction of sp³-hybridized carbons (Fsp3) is 0.385. The predicted molar refractivity (Wildman–Crippen MR) is 69.8 cm³/mol. The lowest BCUT2D eigenvalue weighted by Gasteiger charge is -2.24. The van der Waals surface area contributed by atoms with Crippen LogP contribution in [0.25, 0.3) is 6.08 Å². The standard InChI is InChI=1S/C13H20N2/c1-6-8-11-9-7-10-12(14(2)3)13(11)15(4)5/h6-10H,1-5H3. The summed E-state index contributed by atoms with van der Waals surface area (Å²) < 4.78 is 0. The van der Waals surface area contributed by atoms with E-state index in [9.17, 15) is 0 Å². The van der Waals surface area contributed by atoms with Crippen molar-refractivity contribution in [2.75, 3.05) is 38.0 Å². The summed E-state index contributed by atoms with van der Waals surface area (Å²) in [6.07, 6.45) is 4.21. The molecule has 0 heterocycles. The molecule has 0 aliphatic heterocycles. The van der Waals surface area contributed by atoms with Crippen molar-refractivity contribution in [2.24, 2.45) is 0 Å². The lowest BCUT2D eigenvalue weighted by molar-refractivity contribution is 1.07. The van der Waals surface area contributed by atoms with Gasteiger partial charge < -0.3 is 9.80 Å². The van der Waals surface area contributed by atoms with Gasteiger partial charge in [0.15, 0.2) is 0 Å². The molecule has 0 aliphatic carbocycles. The van der Waals surface area contributed by atoms with Crippen molar-refractivity contribution in [3.8, 4) is 0 Å². The van der Waals surface area contributed by atoms with Crippen LogP contribution < -0.4 is 9.80 Å². The maximum atomic E-state index is 2.16. The molecule has 0 amide bonds. The van der Waals surface area contributed by atoms with Gasteiger partial charge >= 0.3 is 0 Å². The molecule has 0 atom stereocenters. The van der Waals surface area contributed by atoms with Gasteiger partial charge in [-0.3, -0.25) is 0 Å². The lowest BCUT2D eigenvalue weighted by Crippen LogP contribution is -2.17. The Morgan fingerprint density at radius 2 is 1.67 bits per heavy atom. The van der Waals surface area contributed by atoms with Gasteiger partial charge in [-0.05, 0) is 18.6 Å². The number of benzene rings is 1. The first-order chi connectivity index (χ1) is 7.07. The van der Waals surface area contributed by atoms with Crippen LogP contribution in [0.15, 0.2) is 24.3 Å². The molecule has 15 heavy (non-hydrogen) atoms. The van der Waals surface area contributed by atoms with Crippen LogP contribution in [-0.2, 0) is 0 Å². The zero-order chi connectivity index (χ0) is 11.4. The molecule has 1 aromatic rings. The van der Waals surface area contributed by atoms with E-state index >= 15 is 0 Å². The van der Waals surface area contributed by atoms with E-state index in [-0.39, 0.29) is 0 Å². The number of hydrogen-bond donors (Lipinski definition) is 0. The zero-order valence-electron chi connectivity index (χ0n) is 10.3. The van der Waals surface area contributed by atoms with Gasteiger partial charge in [-0.25, -0.2) is 0 Å². The Kier molecular flexibility index (Phi) is 3.78. The summed E-state index contributed by atoms with van der Waals surface area (Å²) in [6.45, 7) is 2.04. The lowest BCUT2D eigenvalue weighted by atomic mass is 10.1. The van der Waals surface area contributed by atoms with E-state index in [0.717, 1.165) is 0 Å². The van der Waals surface area contributed by atoms with Crippen molar-refractivity contribution in [1.29, 1.82) is 0 Å². The molecule has 0 saturated heterocycles. The molecular formula is C13H20N2. The molecule has 0 aromatic heterocycles. The van der Waals surface area contributed by atoms with Crippen LogP contribution >= 0.6 is 0 Å². The molecule has 0 aliphatic rings. The fourth-order valence-corrected chi connectivity index (χ4v) is 1.71. The summed E-state index contributed by atoms with van der Waals surface area (Å²) in [7, 11) is 8.30. The molecule has 1 aromatic carbocycles. The molecule has 0 bridgehead atoms. The highest BCUT2D eigenvalue weighted by Crippen LogP contribution is 2.31. The van der Waals surface area contributed by atoms with Gasteiger partial charge in [-0.1, -0.05) is 24.3 Å². The maximum Gasteiger partial charge on any atom is 0.0672 e. The van der Waals surface area contributed by atoms with Crippen molar-refractivity contribution in [3.63, 3.8) is 0 Å². The van der Waals surface area contributed by atoms with Crippen molar-refractivity contribution in [2.45, 2.75) is 6.92 Å². The minimum Gasteiger partial charge on any atom is -0.376 e. The van der Waals surface area contributed by atoms with Crippen molar-refractivity contribution in [3.05, 3.63) is 29.8 Å². The average Bonchev–Trinajstić information content (AvgIpc) is 2.17. The summed E-state index contributed by atoms with van der Waals surface area (Å²) >= 11 is 0. The van der Waals surface area contributed by atoms with E-state index in [2.05, 4.69) is 68.3 Å². The highest BCUT2D eigenvalue weighted by atomic mass is 15.1. The minimum absolute atomic E-state index is 1.25. The van der Waals surface area contributed by atoms with Crippen LogP contribution in [0.1, 0.15) is 12.5 Å². The smallest absolute Gasteiger partial charge is 0.0672 e. The van der Waals surface area contributed by atoms with Crippen molar-refractivity contribution >= 4 is 17.5 Å². The number of hydrogen-bond acceptors (Lipinski definition) is 2. The van der Waals surface area contributed by atoms with Crippen LogP contribution in [0.3, 0.4) is 0 Å². The van der Waals surface area contributed by atoms with Crippen molar-refractivity contribution < 1.29 is 0 Å². The fourth-order valence-electron chi connectivity index (χ4n) is 1.71. The third-order valence-electron chi connectivity index (χ3n) is 2.32. The zero-order valence-corrected chi connectivity index (χ0v) is 10.3. The first-order valence-corrected chi connectivity index (χ1v) is 5.18. The Morgan fingerprint density at radius 3 is 2.13 bits per heavy atom. The van der Waals surface area contributed by atoms with E-state index in [4.69, 9.17) is 0 Å². The van der Waals surface area contributed by atoms with E-state index in [0.29, 0.717) is 0 Å². The monoisotopic (exact) mass is 204 g/mol. The van der Waals surface area contributed by atoms with E-state index in [1.165, 1.54) is 16.9 Å². The molecule has 0 radical (unpaired) electrons. The second-order valence-corrected chi connectivity index (χ2v) is 4.00. The quantitative estimate of drug-likeness (QED) is 0.747. The molecule has 0 saturated carbocycles. The van der Waals surface area contributed by atoms with Gasteiger partial charge in [0, 0.05) is 28.2 Å². The van der Waals surface area contributed by atoms with Crippen LogP contribution in [0.2, 0.25) is 0 Å². The molecular weight excluding hydrogens is 184 g/mol. The summed E-state index contributed by atoms with van der Waals surface area (Å²) in [4.78, 5) is 4.30. The number of nitrogens with zero attached hydrogens (tertiary/aromatic N) is 2. The van der Waals surface area contributed by atoms with E-state index in [1.807, 2.05) is 6.92 Å². The first kappa shape index (κ1) is 11.6. The molecule has 0 unspecified atom stereocenters. The Hall–Kier alpha value is -1.44. The van der Waals surface area contributed by atoms with Gasteiger partial charge in [-0.2, -0.15) is 0 Å². The van der Waals surface area contributed by atoms with Gasteiger partial charge in [0.2, 0.25) is 0 Å². The normalized spacial score (nSPS) is 10.7. The number of allylic oxidation sites excluding steroid dienone is 1. The van der Waals surface area contributed by atoms with Crippen LogP contribution in [0, 0.1) is 0 Å². The molecule has 0 spiro atoms. The molecule has 0 fully saturated rings. The summed E-state index contributed by atoms with van der Waals surface area (Å²) in [5.41, 5.74) is 3.77. The molecule has 2 nitrogen and oxygen atoms in total. The minimum atomic E-state index is 1.25. The number of para-hydroxylation sites is 1. The third kappa shape index (κ3) is 2.52. The largest absolute Gasteiger partial charge is 0.376 e. The van der Waals surface area contributed by atoms with E-state index < -0.39 is 0 Å². The van der Waals surface area contributed by atoms with Gasteiger partial charge in [-0.15, -0.1) is 0 Å². The molecule has 82 valence electrons. The highest BCUT2D eigenvalue weighted by molar-refractivity contribution is 5.80. The highest BCUT2D eigenvalue weighted by Gasteiger charge is 2.09. The predicted octanol–water partition coefficient (Wildman–Crippen LogP) is 2.85. The van der Waals surface area contributed by atoms with Crippen LogP contribution in [0.5, 0.6) is 0 Å². The SMILES string of the molecule is CC=Cc1cccc(N(C)C)c1N(C)C. The summed E-state index contributed by atoms with van der Waals surface area (Å²) in [5.74, 6) is 0. The van der Waals surface area contributed by atoms with Crippen LogP contribution in [0.4, 0.5) is 11.4 Å². The average molecular weight is 204 g/mol. The molecule has 1 rings (SSSR count). The van der Waals surface area contributed by atoms with Gasteiger partial charge in [0.1, 0.15) is 0 Å². The van der Waals surface area contributed by atoms with Crippen LogP contribution in [-0.4, -0.2) is 28.2 Å². The molecule has 0 N–H and O–H groups in total. The van der Waals surface area contributed by atoms with Gasteiger partial charge in [0.05, 0.1) is 11.4 Å². The molecule has 2 heteroatoms. The van der Waals surface area contributed by atoms with Crippen molar-refractivity contribution in [1.82, 2.24) is 0 Å². The Morgan fingerprint density at radius 1 is 1.00 bits per heavy atom. The second-order valence-electron chi connectivity index (χ2n) is 4.00. The first-order valence-electron chi connectivity index (χ1n) is 5.18. The van der Waals surface area contributed by atoms with Gasteiger partial charge in [0.25, 0.3) is 0 Å².